The lowest BCUT2D eigenvalue weighted by molar-refractivity contribution is -0.142. The Morgan fingerprint density at radius 1 is 0.851 bits per heavy atom. The van der Waals surface area contributed by atoms with Crippen LogP contribution in [0.15, 0.2) is 46.5 Å². The Kier molecular flexibility index (Phi) is 12.4. The molecule has 4 rings (SSSR count). The van der Waals surface area contributed by atoms with Gasteiger partial charge in [0.05, 0.1) is 23.8 Å². The summed E-state index contributed by atoms with van der Waals surface area (Å²) in [5.74, 6) is -4.57. The molecule has 0 saturated carbocycles. The molecule has 4 aromatic heterocycles. The largest absolute Gasteiger partial charge is 0.477 e. The van der Waals surface area contributed by atoms with Gasteiger partial charge in [0.2, 0.25) is 0 Å². The molecule has 0 aliphatic rings. The van der Waals surface area contributed by atoms with Crippen molar-refractivity contribution in [3.8, 4) is 12.1 Å². The molecule has 13 nitrogen and oxygen atoms in total. The van der Waals surface area contributed by atoms with E-state index >= 15 is 0 Å². The Balaban J connectivity index is 0.000000271. The summed E-state index contributed by atoms with van der Waals surface area (Å²) < 4.78 is 99.0. The first-order valence-corrected chi connectivity index (χ1v) is 13.3. The van der Waals surface area contributed by atoms with Crippen molar-refractivity contribution in [1.82, 2.24) is 19.1 Å². The van der Waals surface area contributed by atoms with Gasteiger partial charge in [-0.15, -0.1) is 0 Å². The zero-order chi connectivity index (χ0) is 35.7. The van der Waals surface area contributed by atoms with Crippen molar-refractivity contribution in [1.29, 1.82) is 10.5 Å². The number of nitrogens with one attached hydrogen (secondary N) is 1. The van der Waals surface area contributed by atoms with E-state index in [4.69, 9.17) is 21.4 Å². The number of carboxylic acid groups (broad SMARTS) is 1. The number of alkyl halides is 6. The predicted molar refractivity (Wildman–Crippen MR) is 146 cm³/mol. The molecule has 0 spiro atoms. The van der Waals surface area contributed by atoms with E-state index in [1.165, 1.54) is 6.20 Å². The van der Waals surface area contributed by atoms with Crippen LogP contribution in [0.3, 0.4) is 0 Å². The lowest BCUT2D eigenvalue weighted by Crippen LogP contribution is -2.30. The van der Waals surface area contributed by atoms with Crippen LogP contribution in [0, 0.1) is 34.3 Å². The molecule has 0 unspecified atom stereocenters. The maximum atomic E-state index is 13.4. The second-order valence-corrected chi connectivity index (χ2v) is 10.4. The molecule has 4 N–H and O–H groups in total. The van der Waals surface area contributed by atoms with Crippen LogP contribution in [0.4, 0.5) is 46.5 Å². The molecule has 0 aliphatic heterocycles. The van der Waals surface area contributed by atoms with E-state index in [1.807, 2.05) is 0 Å². The summed E-state index contributed by atoms with van der Waals surface area (Å²) >= 11 is 1.62. The molecule has 47 heavy (non-hydrogen) atoms. The molecule has 0 saturated heterocycles. The topological polar surface area (TPSA) is 210 Å². The Labute approximate surface area is 263 Å². The quantitative estimate of drug-likeness (QED) is 0.254. The first kappa shape index (κ1) is 37.5. The van der Waals surface area contributed by atoms with Gasteiger partial charge in [0.15, 0.2) is 21.6 Å². The Bertz CT molecular complexity index is 1970. The smallest absolute Gasteiger partial charge is 0.406 e. The molecule has 0 radical (unpaired) electrons. The Morgan fingerprint density at radius 3 is 1.72 bits per heavy atom. The number of nitriles is 2. The number of pyridine rings is 2. The number of nitrogens with two attached hydrogens (primary N) is 1. The lowest BCUT2D eigenvalue weighted by atomic mass is 10.3. The number of carboxylic acids is 1. The average molecular weight is 711 g/mol. The minimum atomic E-state index is -4.72. The fraction of sp³-hybridized carbons (Fsp3) is 0.167. The second kappa shape index (κ2) is 15.5. The van der Waals surface area contributed by atoms with Gasteiger partial charge in [0, 0.05) is 24.5 Å². The third-order valence-electron chi connectivity index (χ3n) is 4.70. The zero-order valence-corrected chi connectivity index (χ0v) is 24.2. The fourth-order valence-corrected chi connectivity index (χ4v) is 4.12. The first-order valence-electron chi connectivity index (χ1n) is 11.7. The van der Waals surface area contributed by atoms with E-state index in [2.05, 4.69) is 15.3 Å². The number of halogens is 8. The number of carbonyl (C=O) groups is 2. The van der Waals surface area contributed by atoms with Gasteiger partial charge in [-0.05, 0) is 0 Å². The Morgan fingerprint density at radius 2 is 1.30 bits per heavy atom. The Hall–Kier alpha value is -5.68. The van der Waals surface area contributed by atoms with E-state index in [-0.39, 0.29) is 40.3 Å². The van der Waals surface area contributed by atoms with Crippen molar-refractivity contribution in [2.75, 3.05) is 11.1 Å². The maximum absolute atomic E-state index is 13.4. The molecule has 0 aromatic carbocycles. The van der Waals surface area contributed by atoms with E-state index in [9.17, 15) is 54.3 Å². The van der Waals surface area contributed by atoms with Crippen LogP contribution in [0.25, 0.3) is 0 Å². The van der Waals surface area contributed by atoms with Gasteiger partial charge in [-0.1, -0.05) is 22.7 Å². The van der Waals surface area contributed by atoms with E-state index < -0.39 is 60.1 Å². The van der Waals surface area contributed by atoms with E-state index in [1.54, 1.807) is 12.1 Å². The molecule has 0 atom stereocenters. The number of amides is 1. The monoisotopic (exact) mass is 710 g/mol. The normalized spacial score (nSPS) is 10.8. The van der Waals surface area contributed by atoms with Crippen molar-refractivity contribution in [2.24, 2.45) is 0 Å². The summed E-state index contributed by atoms with van der Waals surface area (Å²) in [6.07, 6.45) is -5.60. The number of nitrogens with zero attached hydrogens (tertiary/aromatic N) is 6. The summed E-state index contributed by atoms with van der Waals surface area (Å²) in [5, 5.41) is 27.5. The van der Waals surface area contributed by atoms with Gasteiger partial charge in [-0.3, -0.25) is 14.4 Å². The molecule has 1 amide bonds. The van der Waals surface area contributed by atoms with Crippen LogP contribution in [-0.2, 0) is 13.1 Å². The van der Waals surface area contributed by atoms with Crippen LogP contribution in [-0.4, -0.2) is 48.4 Å². The van der Waals surface area contributed by atoms with Crippen LogP contribution in [0.2, 0.25) is 0 Å². The van der Waals surface area contributed by atoms with E-state index in [0.717, 1.165) is 35.1 Å². The number of rotatable bonds is 5. The number of hydrogen-bond acceptors (Lipinski definition) is 11. The van der Waals surface area contributed by atoms with Gasteiger partial charge in [-0.25, -0.2) is 23.5 Å². The number of aromatic nitrogens is 4. The summed E-state index contributed by atoms with van der Waals surface area (Å²) in [6, 6.07) is 4.75. The standard InChI is InChI=1S/C12H6F4N4O2S.C7H6F4N2O.C5H2N2O2S/c13-7-1-6(4-20(11(7)22)5-12(14,15)16)19-10(21)8-3-18-9(2-17)23-8;8-5-1-4(12)2-13(6(5)14)3-7(9,10)11;6-1-4-7-2-3(10-4)5(8)9/h1,3-4H,5H2,(H,19,21);1-2H,3,12H2;2H,(H,8,9). The van der Waals surface area contributed by atoms with Gasteiger partial charge in [0.25, 0.3) is 17.0 Å². The van der Waals surface area contributed by atoms with Gasteiger partial charge < -0.3 is 25.3 Å². The number of carbonyl (C=O) groups excluding carboxylic acids is 1. The summed E-state index contributed by atoms with van der Waals surface area (Å²) in [6.45, 7) is -3.24. The highest BCUT2D eigenvalue weighted by atomic mass is 32.1. The van der Waals surface area contributed by atoms with Crippen molar-refractivity contribution >= 4 is 45.9 Å². The van der Waals surface area contributed by atoms with Gasteiger partial charge in [-0.2, -0.15) is 36.9 Å². The fourth-order valence-electron chi connectivity index (χ4n) is 2.96. The van der Waals surface area contributed by atoms with Crippen molar-refractivity contribution in [3.63, 3.8) is 0 Å². The third kappa shape index (κ3) is 12.0. The zero-order valence-electron chi connectivity index (χ0n) is 22.6. The maximum Gasteiger partial charge on any atom is 0.406 e. The minimum Gasteiger partial charge on any atom is -0.477 e. The van der Waals surface area contributed by atoms with Crippen LogP contribution in [0.5, 0.6) is 0 Å². The third-order valence-corrected chi connectivity index (χ3v) is 6.49. The predicted octanol–water partition coefficient (Wildman–Crippen LogP) is 3.98. The van der Waals surface area contributed by atoms with Crippen molar-refractivity contribution < 1.29 is 49.8 Å². The molecule has 4 aromatic rings. The number of thiazole rings is 2. The van der Waals surface area contributed by atoms with Crippen LogP contribution in [0.1, 0.15) is 29.4 Å². The summed E-state index contributed by atoms with van der Waals surface area (Å²) in [5.41, 5.74) is 1.73. The second-order valence-electron chi connectivity index (χ2n) is 8.34. The van der Waals surface area contributed by atoms with E-state index in [0.29, 0.717) is 18.3 Å². The van der Waals surface area contributed by atoms with Gasteiger partial charge in [0.1, 0.15) is 35.0 Å². The lowest BCUT2D eigenvalue weighted by Gasteiger charge is -2.11. The first-order chi connectivity index (χ1) is 21.7. The molecule has 4 heterocycles. The minimum absolute atomic E-state index is 0.00975. The highest BCUT2D eigenvalue weighted by Gasteiger charge is 2.30. The molecular weight excluding hydrogens is 696 g/mol. The molecule has 0 fully saturated rings. The van der Waals surface area contributed by atoms with Crippen molar-refractivity contribution in [2.45, 2.75) is 25.4 Å². The van der Waals surface area contributed by atoms with Crippen LogP contribution < -0.4 is 22.2 Å². The van der Waals surface area contributed by atoms with Gasteiger partial charge >= 0.3 is 18.3 Å². The average Bonchev–Trinajstić information content (AvgIpc) is 3.64. The summed E-state index contributed by atoms with van der Waals surface area (Å²) in [7, 11) is 0. The number of aromatic carboxylic acids is 1. The summed E-state index contributed by atoms with van der Waals surface area (Å²) in [4.78, 5) is 51.5. The van der Waals surface area contributed by atoms with Crippen LogP contribution >= 0.6 is 22.7 Å². The SMILES string of the molecule is N#Cc1ncc(C(=O)Nc2cc(F)c(=O)n(CC(F)(F)F)c2)s1.N#Cc1ncc(C(=O)O)s1.Nc1cc(F)c(=O)n(CC(F)(F)F)c1. The molecular formula is C24H14F8N8O5S2. The highest BCUT2D eigenvalue weighted by Crippen LogP contribution is 2.19. The highest BCUT2D eigenvalue weighted by molar-refractivity contribution is 7.14. The number of nitrogen functional groups attached to an aromatic ring is 1. The number of hydrogen-bond donors (Lipinski definition) is 3. The molecule has 0 aliphatic carbocycles. The molecule has 248 valence electrons. The van der Waals surface area contributed by atoms with Crippen molar-refractivity contribution in [3.05, 3.63) is 89.0 Å². The molecule has 23 heteroatoms. The number of anilines is 2. The molecule has 0 bridgehead atoms.